The van der Waals surface area contributed by atoms with Gasteiger partial charge in [0.25, 0.3) is 0 Å². The van der Waals surface area contributed by atoms with Crippen LogP contribution >= 0.6 is 15.9 Å². The lowest BCUT2D eigenvalue weighted by Crippen LogP contribution is -2.21. The summed E-state index contributed by atoms with van der Waals surface area (Å²) in [5, 5.41) is 4.22. The molecule has 0 aliphatic carbocycles. The monoisotopic (exact) mass is 275 g/mol. The zero-order valence-electron chi connectivity index (χ0n) is 9.24. The number of nitrogens with zero attached hydrogens (tertiary/aromatic N) is 2. The third-order valence-electron chi connectivity index (χ3n) is 2.13. The Morgan fingerprint density at radius 3 is 2.93 bits per heavy atom. The summed E-state index contributed by atoms with van der Waals surface area (Å²) < 4.78 is 8.28. The standard InChI is InChI=1S/C10H18BrN3O/c1-3-5-15-7-9(12)10-8(11)6-13-14(10)4-2/h6,9H,3-5,7,12H2,1-2H3. The van der Waals surface area contributed by atoms with E-state index in [2.05, 4.69) is 28.0 Å². The molecule has 5 heteroatoms. The molecule has 4 nitrogen and oxygen atoms in total. The number of nitrogens with two attached hydrogens (primary N) is 1. The number of hydrogen-bond donors (Lipinski definition) is 1. The summed E-state index contributed by atoms with van der Waals surface area (Å²) >= 11 is 3.45. The number of aryl methyl sites for hydroxylation is 1. The lowest BCUT2D eigenvalue weighted by molar-refractivity contribution is 0.119. The highest BCUT2D eigenvalue weighted by Crippen LogP contribution is 2.21. The Balaban J connectivity index is 2.63. The second kappa shape index (κ2) is 6.25. The zero-order chi connectivity index (χ0) is 11.3. The van der Waals surface area contributed by atoms with Gasteiger partial charge in [-0.1, -0.05) is 6.92 Å². The molecule has 1 unspecified atom stereocenters. The van der Waals surface area contributed by atoms with Crippen LogP contribution in [0.4, 0.5) is 0 Å². The van der Waals surface area contributed by atoms with E-state index in [-0.39, 0.29) is 6.04 Å². The van der Waals surface area contributed by atoms with Crippen molar-refractivity contribution in [2.75, 3.05) is 13.2 Å². The minimum absolute atomic E-state index is 0.117. The summed E-state index contributed by atoms with van der Waals surface area (Å²) in [5.41, 5.74) is 7.05. The number of halogens is 1. The van der Waals surface area contributed by atoms with Crippen LogP contribution < -0.4 is 5.73 Å². The fourth-order valence-corrected chi connectivity index (χ4v) is 2.02. The Bertz CT molecular complexity index is 301. The van der Waals surface area contributed by atoms with Crippen molar-refractivity contribution in [2.45, 2.75) is 32.9 Å². The number of aromatic nitrogens is 2. The minimum Gasteiger partial charge on any atom is -0.379 e. The van der Waals surface area contributed by atoms with Gasteiger partial charge in [-0.2, -0.15) is 5.10 Å². The van der Waals surface area contributed by atoms with Crippen LogP contribution in [-0.4, -0.2) is 23.0 Å². The molecule has 0 bridgehead atoms. The second-order valence-corrected chi connectivity index (χ2v) is 4.23. The van der Waals surface area contributed by atoms with Gasteiger partial charge in [0.15, 0.2) is 0 Å². The van der Waals surface area contributed by atoms with Crippen molar-refractivity contribution < 1.29 is 4.74 Å². The predicted octanol–water partition coefficient (Wildman–Crippen LogP) is 2.09. The van der Waals surface area contributed by atoms with Gasteiger partial charge in [-0.3, -0.25) is 4.68 Å². The molecule has 0 aliphatic heterocycles. The highest BCUT2D eigenvalue weighted by atomic mass is 79.9. The third-order valence-corrected chi connectivity index (χ3v) is 2.74. The topological polar surface area (TPSA) is 53.1 Å². The van der Waals surface area contributed by atoms with Crippen molar-refractivity contribution in [1.29, 1.82) is 0 Å². The van der Waals surface area contributed by atoms with Crippen molar-refractivity contribution in [1.82, 2.24) is 9.78 Å². The molecular weight excluding hydrogens is 258 g/mol. The first-order valence-electron chi connectivity index (χ1n) is 5.25. The first-order valence-corrected chi connectivity index (χ1v) is 6.04. The Kier molecular flexibility index (Phi) is 5.28. The second-order valence-electron chi connectivity index (χ2n) is 3.37. The molecule has 0 spiro atoms. The van der Waals surface area contributed by atoms with Crippen LogP contribution in [0.2, 0.25) is 0 Å². The van der Waals surface area contributed by atoms with Crippen LogP contribution in [0.5, 0.6) is 0 Å². The van der Waals surface area contributed by atoms with E-state index in [0.717, 1.165) is 29.7 Å². The summed E-state index contributed by atoms with van der Waals surface area (Å²) in [6.07, 6.45) is 2.79. The molecule has 15 heavy (non-hydrogen) atoms. The van der Waals surface area contributed by atoms with Crippen molar-refractivity contribution in [3.05, 3.63) is 16.4 Å². The lowest BCUT2D eigenvalue weighted by Gasteiger charge is -2.14. The van der Waals surface area contributed by atoms with Gasteiger partial charge in [-0.15, -0.1) is 0 Å². The van der Waals surface area contributed by atoms with E-state index < -0.39 is 0 Å². The molecule has 0 saturated heterocycles. The van der Waals surface area contributed by atoms with E-state index in [0.29, 0.717) is 6.61 Å². The van der Waals surface area contributed by atoms with Gasteiger partial charge >= 0.3 is 0 Å². The van der Waals surface area contributed by atoms with Crippen molar-refractivity contribution in [2.24, 2.45) is 5.73 Å². The summed E-state index contributed by atoms with van der Waals surface area (Å²) in [6, 6.07) is -0.117. The normalized spacial score (nSPS) is 13.1. The van der Waals surface area contributed by atoms with E-state index in [4.69, 9.17) is 10.5 Å². The van der Waals surface area contributed by atoms with Crippen LogP contribution in [0.1, 0.15) is 32.0 Å². The fraction of sp³-hybridized carbons (Fsp3) is 0.700. The van der Waals surface area contributed by atoms with Gasteiger partial charge in [0.2, 0.25) is 0 Å². The van der Waals surface area contributed by atoms with Crippen molar-refractivity contribution >= 4 is 15.9 Å². The molecule has 0 fully saturated rings. The third kappa shape index (κ3) is 3.29. The van der Waals surface area contributed by atoms with Crippen LogP contribution in [0, 0.1) is 0 Å². The van der Waals surface area contributed by atoms with E-state index >= 15 is 0 Å². The van der Waals surface area contributed by atoms with Crippen molar-refractivity contribution in [3.63, 3.8) is 0 Å². The van der Waals surface area contributed by atoms with Gasteiger partial charge in [0, 0.05) is 13.2 Å². The SMILES string of the molecule is CCCOCC(N)c1c(Br)cnn1CC. The van der Waals surface area contributed by atoms with Gasteiger partial charge in [0.1, 0.15) is 0 Å². The molecule has 1 heterocycles. The van der Waals surface area contributed by atoms with Gasteiger partial charge in [-0.05, 0) is 29.3 Å². The molecule has 0 radical (unpaired) electrons. The Hall–Kier alpha value is -0.390. The van der Waals surface area contributed by atoms with Crippen LogP contribution in [0.15, 0.2) is 10.7 Å². The van der Waals surface area contributed by atoms with Gasteiger partial charge < -0.3 is 10.5 Å². The maximum atomic E-state index is 6.04. The highest BCUT2D eigenvalue weighted by molar-refractivity contribution is 9.10. The predicted molar refractivity (Wildman–Crippen MR) is 63.6 cm³/mol. The molecule has 86 valence electrons. The van der Waals surface area contributed by atoms with E-state index in [1.807, 2.05) is 11.6 Å². The van der Waals surface area contributed by atoms with E-state index in [1.165, 1.54) is 0 Å². The van der Waals surface area contributed by atoms with Crippen LogP contribution in [-0.2, 0) is 11.3 Å². The smallest absolute Gasteiger partial charge is 0.0716 e. The summed E-state index contributed by atoms with van der Waals surface area (Å²) in [6.45, 7) is 6.24. The molecular formula is C10H18BrN3O. The molecule has 1 atom stereocenters. The van der Waals surface area contributed by atoms with E-state index in [1.54, 1.807) is 6.20 Å². The molecule has 2 N–H and O–H groups in total. The Labute approximate surface area is 98.9 Å². The summed E-state index contributed by atoms with van der Waals surface area (Å²) in [5.74, 6) is 0. The molecule has 0 aromatic carbocycles. The zero-order valence-corrected chi connectivity index (χ0v) is 10.8. The minimum atomic E-state index is -0.117. The first-order chi connectivity index (χ1) is 7.20. The maximum absolute atomic E-state index is 6.04. The number of rotatable bonds is 6. The lowest BCUT2D eigenvalue weighted by atomic mass is 10.2. The van der Waals surface area contributed by atoms with Crippen molar-refractivity contribution in [3.8, 4) is 0 Å². The van der Waals surface area contributed by atoms with Gasteiger partial charge in [-0.25, -0.2) is 0 Å². The van der Waals surface area contributed by atoms with Crippen LogP contribution in [0.3, 0.4) is 0 Å². The average Bonchev–Trinajstić information content (AvgIpc) is 2.59. The molecule has 0 saturated carbocycles. The largest absolute Gasteiger partial charge is 0.379 e. The fourth-order valence-electron chi connectivity index (χ4n) is 1.43. The number of ether oxygens (including phenoxy) is 1. The Morgan fingerprint density at radius 2 is 2.33 bits per heavy atom. The average molecular weight is 276 g/mol. The Morgan fingerprint density at radius 1 is 1.60 bits per heavy atom. The molecule has 0 aliphatic rings. The summed E-state index contributed by atoms with van der Waals surface area (Å²) in [7, 11) is 0. The molecule has 1 rings (SSSR count). The number of hydrogen-bond acceptors (Lipinski definition) is 3. The van der Waals surface area contributed by atoms with Gasteiger partial charge in [0.05, 0.1) is 29.0 Å². The van der Waals surface area contributed by atoms with E-state index in [9.17, 15) is 0 Å². The molecule has 0 amide bonds. The highest BCUT2D eigenvalue weighted by Gasteiger charge is 2.15. The van der Waals surface area contributed by atoms with Crippen LogP contribution in [0.25, 0.3) is 0 Å². The molecule has 1 aromatic rings. The quantitative estimate of drug-likeness (QED) is 0.809. The maximum Gasteiger partial charge on any atom is 0.0716 e. The summed E-state index contributed by atoms with van der Waals surface area (Å²) in [4.78, 5) is 0. The molecule has 1 aromatic heterocycles. The first kappa shape index (κ1) is 12.7.